The number of hydrogen-bond acceptors (Lipinski definition) is 2. The van der Waals surface area contributed by atoms with Gasteiger partial charge >= 0.3 is 0 Å². The Hall–Kier alpha value is -1.80. The molecule has 2 aliphatic rings. The Balaban J connectivity index is 1.42. The van der Waals surface area contributed by atoms with Crippen LogP contribution in [0, 0.1) is 0 Å². The van der Waals surface area contributed by atoms with Crippen molar-refractivity contribution in [2.75, 3.05) is 7.11 Å². The number of rotatable bonds is 4. The largest absolute Gasteiger partial charge is 0.485 e. The van der Waals surface area contributed by atoms with Gasteiger partial charge in [-0.2, -0.15) is 0 Å². The van der Waals surface area contributed by atoms with E-state index >= 15 is 0 Å². The smallest absolute Gasteiger partial charge is 0.124 e. The Morgan fingerprint density at radius 3 is 2.35 bits per heavy atom. The van der Waals surface area contributed by atoms with Crippen LogP contribution in [-0.2, 0) is 17.6 Å². The fraction of sp³-hybridized carbons (Fsp3) is 0.500. The molecule has 0 amide bonds. The summed E-state index contributed by atoms with van der Waals surface area (Å²) in [6.07, 6.45) is 8.77. The number of methoxy groups -OCH3 is 1. The van der Waals surface area contributed by atoms with E-state index in [4.69, 9.17) is 9.47 Å². The summed E-state index contributed by atoms with van der Waals surface area (Å²) < 4.78 is 11.8. The van der Waals surface area contributed by atoms with Crippen molar-refractivity contribution in [1.82, 2.24) is 0 Å². The molecule has 0 saturated heterocycles. The predicted molar refractivity (Wildman–Crippen MR) is 106 cm³/mol. The van der Waals surface area contributed by atoms with Crippen LogP contribution in [-0.4, -0.2) is 13.2 Å². The van der Waals surface area contributed by atoms with Crippen molar-refractivity contribution in [2.24, 2.45) is 0 Å². The fourth-order valence-electron chi connectivity index (χ4n) is 4.51. The first-order chi connectivity index (χ1) is 12.8. The van der Waals surface area contributed by atoms with Crippen LogP contribution in [0.3, 0.4) is 0 Å². The molecule has 2 aromatic rings. The second-order valence-electron chi connectivity index (χ2n) is 7.82. The maximum Gasteiger partial charge on any atom is 0.124 e. The maximum absolute atomic E-state index is 6.31. The molecule has 1 aliphatic carbocycles. The SMILES string of the molecule is CCc1ccc2c(c1)CCC(c1ccc(C3CCC(OC)CC3)cc1)O2. The molecular formula is C24H30O2. The molecule has 1 aliphatic heterocycles. The van der Waals surface area contributed by atoms with Gasteiger partial charge in [-0.15, -0.1) is 0 Å². The van der Waals surface area contributed by atoms with Gasteiger partial charge in [0.1, 0.15) is 11.9 Å². The van der Waals surface area contributed by atoms with E-state index in [1.54, 1.807) is 0 Å². The van der Waals surface area contributed by atoms with E-state index in [-0.39, 0.29) is 6.10 Å². The zero-order chi connectivity index (χ0) is 17.9. The second-order valence-corrected chi connectivity index (χ2v) is 7.82. The third kappa shape index (κ3) is 3.66. The van der Waals surface area contributed by atoms with Crippen LogP contribution < -0.4 is 4.74 Å². The van der Waals surface area contributed by atoms with Gasteiger partial charge in [-0.1, -0.05) is 43.3 Å². The molecule has 1 saturated carbocycles. The molecule has 2 aromatic carbocycles. The van der Waals surface area contributed by atoms with Crippen LogP contribution in [0.25, 0.3) is 0 Å². The number of hydrogen-bond donors (Lipinski definition) is 0. The second kappa shape index (κ2) is 7.84. The van der Waals surface area contributed by atoms with E-state index in [0.29, 0.717) is 12.0 Å². The average Bonchev–Trinajstić information content (AvgIpc) is 2.73. The van der Waals surface area contributed by atoms with Gasteiger partial charge in [0.05, 0.1) is 6.10 Å². The highest BCUT2D eigenvalue weighted by Crippen LogP contribution is 2.37. The molecule has 2 nitrogen and oxygen atoms in total. The first-order valence-electron chi connectivity index (χ1n) is 10.2. The van der Waals surface area contributed by atoms with Crippen LogP contribution in [0.5, 0.6) is 5.75 Å². The zero-order valence-electron chi connectivity index (χ0n) is 16.0. The minimum Gasteiger partial charge on any atom is -0.485 e. The van der Waals surface area contributed by atoms with Gasteiger partial charge in [-0.05, 0) is 79.2 Å². The number of fused-ring (bicyclic) bond motifs is 1. The molecule has 0 N–H and O–H groups in total. The molecule has 1 fully saturated rings. The van der Waals surface area contributed by atoms with Crippen molar-refractivity contribution >= 4 is 0 Å². The third-order valence-corrected chi connectivity index (χ3v) is 6.27. The van der Waals surface area contributed by atoms with Crippen LogP contribution in [0.15, 0.2) is 42.5 Å². The van der Waals surface area contributed by atoms with Gasteiger partial charge in [0, 0.05) is 7.11 Å². The Bertz CT molecular complexity index is 726. The molecule has 0 bridgehead atoms. The van der Waals surface area contributed by atoms with Crippen molar-refractivity contribution in [2.45, 2.75) is 70.0 Å². The van der Waals surface area contributed by atoms with Crippen LogP contribution in [0.2, 0.25) is 0 Å². The van der Waals surface area contributed by atoms with Crippen molar-refractivity contribution in [3.05, 3.63) is 64.7 Å². The highest BCUT2D eigenvalue weighted by molar-refractivity contribution is 5.40. The normalized spacial score (nSPS) is 25.4. The van der Waals surface area contributed by atoms with E-state index < -0.39 is 0 Å². The summed E-state index contributed by atoms with van der Waals surface area (Å²) in [5, 5.41) is 0. The lowest BCUT2D eigenvalue weighted by atomic mass is 9.82. The molecule has 1 unspecified atom stereocenters. The highest BCUT2D eigenvalue weighted by atomic mass is 16.5. The molecule has 4 rings (SSSR count). The Morgan fingerprint density at radius 2 is 1.65 bits per heavy atom. The van der Waals surface area contributed by atoms with E-state index in [0.717, 1.165) is 25.0 Å². The zero-order valence-corrected chi connectivity index (χ0v) is 16.0. The van der Waals surface area contributed by atoms with E-state index in [1.807, 2.05) is 7.11 Å². The summed E-state index contributed by atoms with van der Waals surface area (Å²) in [5.41, 5.74) is 5.56. The first kappa shape index (κ1) is 17.6. The van der Waals surface area contributed by atoms with E-state index in [9.17, 15) is 0 Å². The lowest BCUT2D eigenvalue weighted by Gasteiger charge is -2.29. The van der Waals surface area contributed by atoms with Gasteiger partial charge < -0.3 is 9.47 Å². The number of aryl methyl sites for hydroxylation is 2. The molecule has 0 aromatic heterocycles. The summed E-state index contributed by atoms with van der Waals surface area (Å²) in [7, 11) is 1.84. The minimum atomic E-state index is 0.188. The van der Waals surface area contributed by atoms with E-state index in [2.05, 4.69) is 49.4 Å². The predicted octanol–water partition coefficient (Wildman–Crippen LogP) is 5.99. The summed E-state index contributed by atoms with van der Waals surface area (Å²) in [6.45, 7) is 2.21. The highest BCUT2D eigenvalue weighted by Gasteiger charge is 2.24. The van der Waals surface area contributed by atoms with Crippen molar-refractivity contribution in [3.63, 3.8) is 0 Å². The van der Waals surface area contributed by atoms with Gasteiger partial charge in [0.15, 0.2) is 0 Å². The lowest BCUT2D eigenvalue weighted by Crippen LogP contribution is -2.19. The maximum atomic E-state index is 6.31. The molecule has 0 spiro atoms. The first-order valence-corrected chi connectivity index (χ1v) is 10.2. The fourth-order valence-corrected chi connectivity index (χ4v) is 4.51. The average molecular weight is 351 g/mol. The van der Waals surface area contributed by atoms with Crippen molar-refractivity contribution < 1.29 is 9.47 Å². The Labute approximate surface area is 157 Å². The Kier molecular flexibility index (Phi) is 5.31. The van der Waals surface area contributed by atoms with Crippen LogP contribution >= 0.6 is 0 Å². The van der Waals surface area contributed by atoms with Crippen molar-refractivity contribution in [3.8, 4) is 5.75 Å². The van der Waals surface area contributed by atoms with Gasteiger partial charge in [-0.3, -0.25) is 0 Å². The van der Waals surface area contributed by atoms with Gasteiger partial charge in [0.25, 0.3) is 0 Å². The van der Waals surface area contributed by atoms with E-state index in [1.165, 1.54) is 47.9 Å². The standard InChI is InChI=1S/C24H30O2/c1-3-17-4-14-24-21(16-17)11-15-23(26-24)20-7-5-18(6-8-20)19-9-12-22(25-2)13-10-19/h4-8,14,16,19,22-23H,3,9-13,15H2,1-2H3. The minimum absolute atomic E-state index is 0.188. The Morgan fingerprint density at radius 1 is 0.923 bits per heavy atom. The molecule has 2 heteroatoms. The topological polar surface area (TPSA) is 18.5 Å². The van der Waals surface area contributed by atoms with Gasteiger partial charge in [-0.25, -0.2) is 0 Å². The summed E-state index contributed by atoms with van der Waals surface area (Å²) >= 11 is 0. The van der Waals surface area contributed by atoms with Crippen LogP contribution in [0.1, 0.15) is 73.3 Å². The molecule has 0 radical (unpaired) electrons. The number of ether oxygens (including phenoxy) is 2. The number of benzene rings is 2. The molecule has 26 heavy (non-hydrogen) atoms. The van der Waals surface area contributed by atoms with Gasteiger partial charge in [0.2, 0.25) is 0 Å². The van der Waals surface area contributed by atoms with Crippen molar-refractivity contribution in [1.29, 1.82) is 0 Å². The summed E-state index contributed by atoms with van der Waals surface area (Å²) in [5.74, 6) is 1.76. The lowest BCUT2D eigenvalue weighted by molar-refractivity contribution is 0.0658. The summed E-state index contributed by atoms with van der Waals surface area (Å²) in [6, 6.07) is 15.9. The summed E-state index contributed by atoms with van der Waals surface area (Å²) in [4.78, 5) is 0. The molecule has 1 atom stereocenters. The third-order valence-electron chi connectivity index (χ3n) is 6.27. The monoisotopic (exact) mass is 350 g/mol. The molecule has 138 valence electrons. The molecular weight excluding hydrogens is 320 g/mol. The molecule has 1 heterocycles. The van der Waals surface area contributed by atoms with Crippen LogP contribution in [0.4, 0.5) is 0 Å². The quantitative estimate of drug-likeness (QED) is 0.674.